The quantitative estimate of drug-likeness (QED) is 0.0129. The summed E-state index contributed by atoms with van der Waals surface area (Å²) in [6.45, 7) is 7.71. The van der Waals surface area contributed by atoms with E-state index >= 15 is 0 Å². The molecule has 150 heavy (non-hydrogen) atoms. The first-order valence-corrected chi connectivity index (χ1v) is 50.1. The van der Waals surface area contributed by atoms with Gasteiger partial charge < -0.3 is 90.9 Å². The number of aromatic nitrogens is 3. The van der Waals surface area contributed by atoms with Gasteiger partial charge in [0.2, 0.25) is 17.7 Å². The fourth-order valence-electron chi connectivity index (χ4n) is 13.1. The number of rotatable bonds is 27. The Morgan fingerprint density at radius 2 is 0.673 bits per heavy atom. The van der Waals surface area contributed by atoms with Crippen LogP contribution in [-0.2, 0) is 43.0 Å². The number of aryl methyl sites for hydroxylation is 3. The highest BCUT2D eigenvalue weighted by Gasteiger charge is 2.26. The molecular formula is C108H102Br4FN21O13S3. The van der Waals surface area contributed by atoms with Gasteiger partial charge in [-0.3, -0.25) is 34.5 Å². The number of carboxylic acids is 1. The molecule has 0 radical (unpaired) electrons. The van der Waals surface area contributed by atoms with Crippen LogP contribution in [0.15, 0.2) is 327 Å². The van der Waals surface area contributed by atoms with Crippen LogP contribution in [0.1, 0.15) is 138 Å². The number of halogens is 5. The summed E-state index contributed by atoms with van der Waals surface area (Å²) in [7, 11) is 2.68. The molecule has 42 heteroatoms. The highest BCUT2D eigenvalue weighted by atomic mass is 79.9. The van der Waals surface area contributed by atoms with Crippen molar-refractivity contribution in [3.05, 3.63) is 417 Å². The van der Waals surface area contributed by atoms with E-state index in [1.54, 1.807) is 127 Å². The average Bonchev–Trinajstić information content (AvgIpc) is 1.10. The van der Waals surface area contributed by atoms with Crippen molar-refractivity contribution in [1.82, 2.24) is 13.1 Å². The van der Waals surface area contributed by atoms with Gasteiger partial charge in [-0.15, -0.1) is 0 Å². The second-order valence-electron chi connectivity index (χ2n) is 31.2. The molecule has 15 aromatic rings. The molecule has 0 bridgehead atoms. The average molecular weight is 2340 g/mol. The largest absolute Gasteiger partial charge is 0.479 e. The lowest BCUT2D eigenvalue weighted by Gasteiger charge is -2.18. The third-order valence-corrected chi connectivity index (χ3v) is 25.3. The molecule has 0 saturated carbocycles. The predicted octanol–water partition coefficient (Wildman–Crippen LogP) is 22.0. The Balaban J connectivity index is 0.000000235. The topological polar surface area (TPSA) is 606 Å². The number of ether oxygens (including phenoxy) is 3. The number of nitrogens with zero attached hydrogens (tertiary/aromatic N) is 8. The van der Waals surface area contributed by atoms with Gasteiger partial charge in [-0.1, -0.05) is 182 Å². The summed E-state index contributed by atoms with van der Waals surface area (Å²) in [5, 5.41) is 89.9. The van der Waals surface area contributed by atoms with Crippen molar-refractivity contribution < 1.29 is 67.8 Å². The van der Waals surface area contributed by atoms with Crippen LogP contribution in [0.3, 0.4) is 0 Å². The van der Waals surface area contributed by atoms with E-state index < -0.39 is 71.8 Å². The summed E-state index contributed by atoms with van der Waals surface area (Å²) in [6.07, 6.45) is 2.56. The molecule has 770 valence electrons. The number of primary amides is 4. The Morgan fingerprint density at radius 1 is 0.380 bits per heavy atom. The number of hydrogen-bond acceptors (Lipinski definition) is 32. The molecule has 6 atom stereocenters. The van der Waals surface area contributed by atoms with Crippen LogP contribution < -0.4 is 71.6 Å². The lowest BCUT2D eigenvalue weighted by molar-refractivity contribution is -0.176. The number of nitrogen functional groups attached to an aromatic ring is 1. The second kappa shape index (κ2) is 64.4. The number of nitrogens with one attached hydrogen (secondary N) is 7. The summed E-state index contributed by atoms with van der Waals surface area (Å²) in [6, 6.07) is 96.4. The number of benzene rings is 12. The molecule has 1 aliphatic heterocycles. The Labute approximate surface area is 910 Å². The van der Waals surface area contributed by atoms with Gasteiger partial charge in [0.15, 0.2) is 12.1 Å². The van der Waals surface area contributed by atoms with Crippen molar-refractivity contribution in [3.63, 3.8) is 0 Å². The van der Waals surface area contributed by atoms with Gasteiger partial charge in [-0.05, 0) is 293 Å². The summed E-state index contributed by atoms with van der Waals surface area (Å²) in [4.78, 5) is 81.5. The zero-order chi connectivity index (χ0) is 110. The molecule has 1 saturated heterocycles. The van der Waals surface area contributed by atoms with Gasteiger partial charge in [-0.25, -0.2) is 14.0 Å². The second-order valence-corrected chi connectivity index (χ2v) is 37.0. The SMILES string of the molecule is C1CCOC1.COC(=O)[C@H](N)c1ccccc1.COC(=O)[C@H](Nc1ccc(C#N)c(Br)c1)c1ccccc1.Cc1cc(N)sn1.Cc1cc(Nc2cc(N[C@@H](C(N)=O)c3ccccc3)ccc2C#N)sn1.Cc1cc(Nc2cc(N[C@@H](C(N)=O)c3ccccc3)ccc2C(N)=O)sn1.N#Cc1ccc(F)cc1Br.N#Cc1ccc(N[C@@H](C(=O)O)c2ccccc2)cc1Br.N#Cc1ccc(N[C@@H](C(N)=O)c2ccccc2)cc1Br.OO. The normalized spacial score (nSPS) is 11.5. The first-order valence-electron chi connectivity index (χ1n) is 44.6. The lowest BCUT2D eigenvalue weighted by atomic mass is 10.1. The summed E-state index contributed by atoms with van der Waals surface area (Å²) >= 11 is 16.9. The number of nitriles is 5. The van der Waals surface area contributed by atoms with Crippen molar-refractivity contribution in [1.29, 1.82) is 26.3 Å². The minimum Gasteiger partial charge on any atom is -0.479 e. The third kappa shape index (κ3) is 40.3. The monoisotopic (exact) mass is 2330 g/mol. The number of anilines is 10. The summed E-state index contributed by atoms with van der Waals surface area (Å²) in [5.41, 5.74) is 47.7. The maximum absolute atomic E-state index is 12.3. The number of carbonyl (C=O) groups is 7. The van der Waals surface area contributed by atoms with Crippen LogP contribution in [0, 0.1) is 83.2 Å². The standard InChI is InChI=1S/C19H19N5O2S.C19H17N5OS.C16H13BrN2O2.C15H12BrN3O.C15H11BrN2O2.C9H11NO2.C7H3BrFN.C4H6N2S.C4H8O.H2O2/c1-11-9-16(27-24-11)23-15-10-13(7-8-14(15)18(20)25)22-17(19(21)26)12-5-3-2-4-6-12;1-12-9-17(26-24-12)23-16-10-15(8-7-14(16)11-20)22-18(19(21)25)13-5-3-2-4-6-13;1-21-16(20)15(11-5-3-2-4-6-11)19-13-8-7-12(10-18)14(17)9-13;16-13-8-12(7-6-11(13)9-17)19-14(15(18)20)10-4-2-1-3-5-10;16-13-8-12(7-6-11(13)9-17)18-14(15(19)20)10-4-2-1-3-5-10;1-12-9(11)8(10)7-5-3-2-4-6-7;8-7-3-6(9)2-1-5(7)4-10;1-3-2-4(5)7-6-3;1-2-4-5-3-1;1-2/h2-10,17,22-23H,1H3,(H2,20,25)(H2,21,26);2-10,18,22-23H,1H3,(H2,21,25);2-9,15,19H,1H3;1-8,14,19H,(H2,18,20);1-8,14,18H,(H,19,20);2-6,8H,10H2,1H3;1-3H;2H,5H2,1H3;1-4H2;1-2H/t17-;18-;15-;2*14-;8-;;;;/m111111..../s1. The molecule has 4 amide bonds. The fourth-order valence-corrected chi connectivity index (χ4v) is 16.8. The first kappa shape index (κ1) is 120. The van der Waals surface area contributed by atoms with Crippen LogP contribution in [0.2, 0.25) is 0 Å². The third-order valence-electron chi connectivity index (χ3n) is 20.4. The number of carbonyl (C=O) groups excluding carboxylic acids is 6. The van der Waals surface area contributed by atoms with Gasteiger partial charge in [0, 0.05) is 59.5 Å². The smallest absolute Gasteiger partial charge is 0.332 e. The fraction of sp³-hybridized carbons (Fsp3) is 0.139. The van der Waals surface area contributed by atoms with Crippen molar-refractivity contribution in [3.8, 4) is 30.3 Å². The molecule has 1 aliphatic rings. The highest BCUT2D eigenvalue weighted by molar-refractivity contribution is 9.11. The summed E-state index contributed by atoms with van der Waals surface area (Å²) < 4.78 is 41.5. The van der Waals surface area contributed by atoms with E-state index in [2.05, 4.69) is 137 Å². The van der Waals surface area contributed by atoms with E-state index in [1.165, 1.54) is 79.9 Å². The number of aliphatic carboxylic acids is 1. The van der Waals surface area contributed by atoms with E-state index in [-0.39, 0.29) is 11.8 Å². The lowest BCUT2D eigenvalue weighted by Crippen LogP contribution is -2.27. The van der Waals surface area contributed by atoms with Crippen LogP contribution in [0.5, 0.6) is 0 Å². The van der Waals surface area contributed by atoms with Gasteiger partial charge in [0.1, 0.15) is 75.3 Å². The van der Waals surface area contributed by atoms with Gasteiger partial charge >= 0.3 is 17.9 Å². The minimum atomic E-state index is -0.961. The Bertz CT molecular complexity index is 7030. The number of amides is 4. The number of esters is 2. The van der Waals surface area contributed by atoms with E-state index in [1.807, 2.05) is 197 Å². The van der Waals surface area contributed by atoms with Gasteiger partial charge in [0.05, 0.1) is 76.1 Å². The van der Waals surface area contributed by atoms with Crippen molar-refractivity contribution >= 4 is 195 Å². The Hall–Kier alpha value is -16.6. The number of hydrogen-bond donors (Lipinski definition) is 16. The molecule has 16 rings (SSSR count). The zero-order valence-electron chi connectivity index (χ0n) is 80.8. The molecule has 12 aromatic carbocycles. The number of methoxy groups -OCH3 is 2. The Kier molecular flexibility index (Phi) is 51.6. The molecule has 3 aromatic heterocycles. The molecule has 4 heterocycles. The van der Waals surface area contributed by atoms with Crippen molar-refractivity contribution in [2.75, 3.05) is 70.4 Å². The van der Waals surface area contributed by atoms with Crippen LogP contribution >= 0.6 is 98.3 Å². The van der Waals surface area contributed by atoms with Crippen LogP contribution in [0.4, 0.5) is 59.2 Å². The molecule has 0 spiro atoms. The van der Waals surface area contributed by atoms with E-state index in [4.69, 9.17) is 75.4 Å². The molecule has 1 fully saturated rings. The molecule has 0 unspecified atom stereocenters. The minimum absolute atomic E-state index is 0.335. The maximum atomic E-state index is 12.3. The van der Waals surface area contributed by atoms with Crippen LogP contribution in [-0.4, -0.2) is 97.7 Å². The highest BCUT2D eigenvalue weighted by Crippen LogP contribution is 2.35. The Morgan fingerprint density at radius 3 is 0.960 bits per heavy atom. The van der Waals surface area contributed by atoms with Crippen molar-refractivity contribution in [2.45, 2.75) is 69.9 Å². The maximum Gasteiger partial charge on any atom is 0.332 e. The first-order chi connectivity index (χ1) is 72.2. The van der Waals surface area contributed by atoms with Gasteiger partial charge in [0.25, 0.3) is 5.91 Å². The van der Waals surface area contributed by atoms with Crippen LogP contribution in [0.25, 0.3) is 0 Å². The summed E-state index contributed by atoms with van der Waals surface area (Å²) in [5.74, 6) is -4.09. The zero-order valence-corrected chi connectivity index (χ0v) is 89.6. The molecule has 22 N–H and O–H groups in total. The molecular weight excluding hydrogens is 2230 g/mol. The van der Waals surface area contributed by atoms with E-state index in [0.29, 0.717) is 91.0 Å². The molecule has 0 aliphatic carbocycles. The van der Waals surface area contributed by atoms with Crippen molar-refractivity contribution in [2.24, 2.45) is 28.7 Å². The van der Waals surface area contributed by atoms with E-state index in [0.717, 1.165) is 78.8 Å². The van der Waals surface area contributed by atoms with Gasteiger partial charge in [-0.2, -0.15) is 39.4 Å². The number of carboxylic acid groups (broad SMARTS) is 1. The predicted molar refractivity (Wildman–Crippen MR) is 595 cm³/mol. The molecule has 34 nitrogen and oxygen atoms in total. The number of nitrogens with two attached hydrogens (primary N) is 6. The van der Waals surface area contributed by atoms with E-state index in [9.17, 15) is 48.3 Å².